The molecule has 1 saturated heterocycles. The van der Waals surface area contributed by atoms with Crippen LogP contribution >= 0.6 is 0 Å². The molecule has 21 heavy (non-hydrogen) atoms. The molecular weight excluding hydrogens is 274 g/mol. The Balaban J connectivity index is 1.66. The number of hydrogen-bond acceptors (Lipinski definition) is 5. The number of aromatic carboxylic acids is 1. The summed E-state index contributed by atoms with van der Waals surface area (Å²) in [6.45, 7) is 2.76. The number of carbonyl (C=O) groups excluding carboxylic acids is 1. The minimum Gasteiger partial charge on any atom is -0.476 e. The second-order valence-corrected chi connectivity index (χ2v) is 4.89. The van der Waals surface area contributed by atoms with Crippen LogP contribution < -0.4 is 0 Å². The summed E-state index contributed by atoms with van der Waals surface area (Å²) in [7, 11) is 0. The molecule has 0 spiro atoms. The Hall–Kier alpha value is -2.77. The van der Waals surface area contributed by atoms with E-state index >= 15 is 0 Å². The standard InChI is InChI=1S/C13H13N5O3/c1-8-10(3-2-4-14-8)12(19)17-5-9(6-17)18-7-11(13(20)21)15-16-18/h2-4,7,9H,5-6H2,1H3,(H,20,21). The Morgan fingerprint density at radius 2 is 2.14 bits per heavy atom. The maximum atomic E-state index is 12.3. The van der Waals surface area contributed by atoms with Crippen LogP contribution in [0.1, 0.15) is 32.6 Å². The van der Waals surface area contributed by atoms with Crippen molar-refractivity contribution < 1.29 is 14.7 Å². The first-order chi connectivity index (χ1) is 10.1. The predicted octanol–water partition coefficient (Wildman–Crippen LogP) is 0.377. The lowest BCUT2D eigenvalue weighted by molar-refractivity contribution is 0.0496. The van der Waals surface area contributed by atoms with Crippen molar-refractivity contribution >= 4 is 11.9 Å². The van der Waals surface area contributed by atoms with E-state index in [1.54, 1.807) is 30.2 Å². The van der Waals surface area contributed by atoms with Crippen LogP contribution in [0, 0.1) is 6.92 Å². The molecule has 1 amide bonds. The van der Waals surface area contributed by atoms with E-state index in [9.17, 15) is 9.59 Å². The maximum absolute atomic E-state index is 12.3. The maximum Gasteiger partial charge on any atom is 0.358 e. The first kappa shape index (κ1) is 13.2. The van der Waals surface area contributed by atoms with Crippen molar-refractivity contribution in [2.24, 2.45) is 0 Å². The number of pyridine rings is 1. The van der Waals surface area contributed by atoms with E-state index in [4.69, 9.17) is 5.11 Å². The molecule has 2 aromatic heterocycles. The molecule has 3 heterocycles. The molecular formula is C13H13N5O3. The Morgan fingerprint density at radius 1 is 1.38 bits per heavy atom. The van der Waals surface area contributed by atoms with Gasteiger partial charge in [0.1, 0.15) is 0 Å². The molecule has 1 aliphatic rings. The summed E-state index contributed by atoms with van der Waals surface area (Å²) in [5.41, 5.74) is 1.18. The third-order valence-electron chi connectivity index (χ3n) is 3.49. The largest absolute Gasteiger partial charge is 0.476 e. The highest BCUT2D eigenvalue weighted by molar-refractivity contribution is 5.95. The van der Waals surface area contributed by atoms with Gasteiger partial charge in [-0.2, -0.15) is 0 Å². The molecule has 0 radical (unpaired) electrons. The minimum atomic E-state index is -1.11. The number of carbonyl (C=O) groups is 2. The topological polar surface area (TPSA) is 101 Å². The average Bonchev–Trinajstić information content (AvgIpc) is 2.87. The van der Waals surface area contributed by atoms with E-state index in [-0.39, 0.29) is 17.6 Å². The lowest BCUT2D eigenvalue weighted by Crippen LogP contribution is -2.51. The summed E-state index contributed by atoms with van der Waals surface area (Å²) < 4.78 is 1.49. The summed E-state index contributed by atoms with van der Waals surface area (Å²) in [5, 5.41) is 16.1. The van der Waals surface area contributed by atoms with Gasteiger partial charge in [0.25, 0.3) is 5.91 Å². The van der Waals surface area contributed by atoms with Crippen molar-refractivity contribution in [3.05, 3.63) is 41.5 Å². The first-order valence-electron chi connectivity index (χ1n) is 6.42. The summed E-state index contributed by atoms with van der Waals surface area (Å²) in [5.74, 6) is -1.19. The minimum absolute atomic E-state index is 0.0356. The highest BCUT2D eigenvalue weighted by atomic mass is 16.4. The van der Waals surface area contributed by atoms with Gasteiger partial charge in [-0.15, -0.1) is 5.10 Å². The van der Waals surface area contributed by atoms with Gasteiger partial charge >= 0.3 is 5.97 Å². The zero-order valence-corrected chi connectivity index (χ0v) is 11.3. The van der Waals surface area contributed by atoms with Crippen molar-refractivity contribution in [3.63, 3.8) is 0 Å². The van der Waals surface area contributed by atoms with Crippen LogP contribution in [0.5, 0.6) is 0 Å². The van der Waals surface area contributed by atoms with Crippen molar-refractivity contribution in [2.75, 3.05) is 13.1 Å². The molecule has 2 aromatic rings. The number of likely N-dealkylation sites (tertiary alicyclic amines) is 1. The molecule has 108 valence electrons. The van der Waals surface area contributed by atoms with Crippen LogP contribution in [-0.4, -0.2) is 55.0 Å². The molecule has 0 aromatic carbocycles. The van der Waals surface area contributed by atoms with Gasteiger partial charge in [-0.1, -0.05) is 5.21 Å². The van der Waals surface area contributed by atoms with E-state index in [0.29, 0.717) is 24.3 Å². The number of aryl methyl sites for hydroxylation is 1. The SMILES string of the molecule is Cc1ncccc1C(=O)N1CC(n2cc(C(=O)O)nn2)C1. The van der Waals surface area contributed by atoms with E-state index < -0.39 is 5.97 Å². The molecule has 1 fully saturated rings. The third kappa shape index (κ3) is 2.35. The Bertz CT molecular complexity index is 705. The normalized spacial score (nSPS) is 14.8. The van der Waals surface area contributed by atoms with E-state index in [0.717, 1.165) is 0 Å². The Morgan fingerprint density at radius 3 is 2.76 bits per heavy atom. The summed E-state index contributed by atoms with van der Waals surface area (Å²) in [6.07, 6.45) is 3.03. The molecule has 0 unspecified atom stereocenters. The molecule has 1 N–H and O–H groups in total. The van der Waals surface area contributed by atoms with Crippen LogP contribution in [-0.2, 0) is 0 Å². The summed E-state index contributed by atoms with van der Waals surface area (Å²) in [4.78, 5) is 28.8. The molecule has 0 bridgehead atoms. The lowest BCUT2D eigenvalue weighted by Gasteiger charge is -2.39. The van der Waals surface area contributed by atoms with E-state index in [1.807, 2.05) is 0 Å². The van der Waals surface area contributed by atoms with Crippen molar-refractivity contribution in [1.82, 2.24) is 24.9 Å². The number of carboxylic acids is 1. The van der Waals surface area contributed by atoms with Crippen LogP contribution in [0.3, 0.4) is 0 Å². The zero-order valence-electron chi connectivity index (χ0n) is 11.3. The monoisotopic (exact) mass is 287 g/mol. The highest BCUT2D eigenvalue weighted by Gasteiger charge is 2.34. The van der Waals surface area contributed by atoms with Gasteiger partial charge in [0.05, 0.1) is 17.8 Å². The second-order valence-electron chi connectivity index (χ2n) is 4.89. The van der Waals surface area contributed by atoms with Crippen molar-refractivity contribution in [3.8, 4) is 0 Å². The number of rotatable bonds is 3. The third-order valence-corrected chi connectivity index (χ3v) is 3.49. The molecule has 1 aliphatic heterocycles. The number of aromatic nitrogens is 4. The van der Waals surface area contributed by atoms with Crippen LogP contribution in [0.2, 0.25) is 0 Å². The fraction of sp³-hybridized carbons (Fsp3) is 0.308. The van der Waals surface area contributed by atoms with Gasteiger partial charge in [0, 0.05) is 25.0 Å². The second kappa shape index (κ2) is 4.97. The fourth-order valence-corrected chi connectivity index (χ4v) is 2.22. The number of nitrogens with zero attached hydrogens (tertiary/aromatic N) is 5. The summed E-state index contributed by atoms with van der Waals surface area (Å²) in [6, 6.07) is 3.44. The Labute approximate surface area is 120 Å². The predicted molar refractivity (Wildman–Crippen MR) is 70.9 cm³/mol. The van der Waals surface area contributed by atoms with Gasteiger partial charge in [0.2, 0.25) is 0 Å². The van der Waals surface area contributed by atoms with Crippen molar-refractivity contribution in [1.29, 1.82) is 0 Å². The van der Waals surface area contributed by atoms with Crippen LogP contribution in [0.25, 0.3) is 0 Å². The number of amides is 1. The average molecular weight is 287 g/mol. The molecule has 3 rings (SSSR count). The fourth-order valence-electron chi connectivity index (χ4n) is 2.22. The van der Waals surface area contributed by atoms with E-state index in [2.05, 4.69) is 15.3 Å². The van der Waals surface area contributed by atoms with Gasteiger partial charge < -0.3 is 10.0 Å². The summed E-state index contributed by atoms with van der Waals surface area (Å²) >= 11 is 0. The van der Waals surface area contributed by atoms with Gasteiger partial charge in [-0.3, -0.25) is 9.78 Å². The smallest absolute Gasteiger partial charge is 0.358 e. The molecule has 0 saturated carbocycles. The van der Waals surface area contributed by atoms with Crippen LogP contribution in [0.4, 0.5) is 0 Å². The molecule has 8 heteroatoms. The Kier molecular flexibility index (Phi) is 3.13. The van der Waals surface area contributed by atoms with Crippen LogP contribution in [0.15, 0.2) is 24.5 Å². The lowest BCUT2D eigenvalue weighted by atomic mass is 10.1. The zero-order chi connectivity index (χ0) is 15.0. The van der Waals surface area contributed by atoms with Crippen molar-refractivity contribution in [2.45, 2.75) is 13.0 Å². The highest BCUT2D eigenvalue weighted by Crippen LogP contribution is 2.23. The quantitative estimate of drug-likeness (QED) is 0.875. The van der Waals surface area contributed by atoms with Gasteiger partial charge in [0.15, 0.2) is 5.69 Å². The van der Waals surface area contributed by atoms with E-state index in [1.165, 1.54) is 10.9 Å². The van der Waals surface area contributed by atoms with Gasteiger partial charge in [-0.05, 0) is 19.1 Å². The molecule has 0 aliphatic carbocycles. The number of carboxylic acid groups (broad SMARTS) is 1. The molecule has 8 nitrogen and oxygen atoms in total. The van der Waals surface area contributed by atoms with Gasteiger partial charge in [-0.25, -0.2) is 9.48 Å². The molecule has 0 atom stereocenters. The first-order valence-corrected chi connectivity index (χ1v) is 6.42. The number of hydrogen-bond donors (Lipinski definition) is 1.